The third kappa shape index (κ3) is 5.45. The first-order chi connectivity index (χ1) is 16.1. The van der Waals surface area contributed by atoms with Crippen LogP contribution in [0.5, 0.6) is 0 Å². The summed E-state index contributed by atoms with van der Waals surface area (Å²) in [5, 5.41) is 6.58. The largest absolute Gasteiger partial charge is 0.385 e. The Morgan fingerprint density at radius 3 is 2.55 bits per heavy atom. The van der Waals surface area contributed by atoms with Crippen LogP contribution in [0.1, 0.15) is 69.7 Å². The Kier molecular flexibility index (Phi) is 7.77. The molecular weight excluding hydrogens is 438 g/mol. The molecule has 7 nitrogen and oxygen atoms in total. The predicted molar refractivity (Wildman–Crippen MR) is 130 cm³/mol. The second-order valence-corrected chi connectivity index (χ2v) is 9.63. The molecule has 0 spiro atoms. The van der Waals surface area contributed by atoms with E-state index in [0.717, 1.165) is 56.2 Å². The van der Waals surface area contributed by atoms with Crippen LogP contribution in [0.25, 0.3) is 0 Å². The number of rotatable bonds is 8. The third-order valence-corrected chi connectivity index (χ3v) is 7.41. The number of ether oxygens (including phenoxy) is 1. The van der Waals surface area contributed by atoms with E-state index in [4.69, 9.17) is 4.74 Å². The second-order valence-electron chi connectivity index (χ2n) is 8.52. The lowest BCUT2D eigenvalue weighted by atomic mass is 9.95. The van der Waals surface area contributed by atoms with E-state index in [0.29, 0.717) is 42.2 Å². The zero-order valence-electron chi connectivity index (χ0n) is 19.1. The van der Waals surface area contributed by atoms with Crippen molar-refractivity contribution < 1.29 is 19.1 Å². The van der Waals surface area contributed by atoms with Crippen LogP contribution in [0.3, 0.4) is 0 Å². The van der Waals surface area contributed by atoms with Gasteiger partial charge in [-0.3, -0.25) is 14.4 Å². The van der Waals surface area contributed by atoms with Gasteiger partial charge in [-0.25, -0.2) is 0 Å². The highest BCUT2D eigenvalue weighted by Gasteiger charge is 2.26. The molecule has 0 atom stereocenters. The van der Waals surface area contributed by atoms with Crippen molar-refractivity contribution in [3.05, 3.63) is 45.8 Å². The smallest absolute Gasteiger partial charge is 0.256 e. The van der Waals surface area contributed by atoms with Gasteiger partial charge in [0.1, 0.15) is 5.00 Å². The van der Waals surface area contributed by atoms with Gasteiger partial charge >= 0.3 is 0 Å². The maximum Gasteiger partial charge on any atom is 0.256 e. The summed E-state index contributed by atoms with van der Waals surface area (Å²) in [5.41, 5.74) is 3.00. The first-order valence-electron chi connectivity index (χ1n) is 11.7. The Labute approximate surface area is 198 Å². The Bertz CT molecular complexity index is 1020. The normalized spacial score (nSPS) is 15.8. The number of amides is 3. The van der Waals surface area contributed by atoms with Crippen molar-refractivity contribution >= 4 is 39.7 Å². The maximum absolute atomic E-state index is 13.0. The molecule has 1 aromatic carbocycles. The molecule has 0 unspecified atom stereocenters. The summed E-state index contributed by atoms with van der Waals surface area (Å²) in [6.45, 7) is 1.83. The standard InChI is InChI=1S/C25H31N3O4S/c1-32-16-6-14-26-24(31)22-19-7-2-3-8-20(19)33-25(22)27-23(30)17-10-12-18(13-11-17)28-15-5-4-9-21(28)29/h10-13H,2-9,14-16H2,1H3,(H,26,31)(H,27,30). The Hall–Kier alpha value is -2.71. The summed E-state index contributed by atoms with van der Waals surface area (Å²) >= 11 is 1.51. The lowest BCUT2D eigenvalue weighted by Gasteiger charge is -2.26. The number of methoxy groups -OCH3 is 1. The van der Waals surface area contributed by atoms with Gasteiger partial charge in [0.25, 0.3) is 11.8 Å². The highest BCUT2D eigenvalue weighted by Crippen LogP contribution is 2.38. The van der Waals surface area contributed by atoms with Crippen LogP contribution >= 0.6 is 11.3 Å². The van der Waals surface area contributed by atoms with Gasteiger partial charge in [-0.2, -0.15) is 0 Å². The molecule has 2 N–H and O–H groups in total. The predicted octanol–water partition coefficient (Wildman–Crippen LogP) is 4.16. The van der Waals surface area contributed by atoms with E-state index < -0.39 is 0 Å². The fraction of sp³-hybridized carbons (Fsp3) is 0.480. The number of fused-ring (bicyclic) bond motifs is 1. The van der Waals surface area contributed by atoms with Crippen LogP contribution in [0.2, 0.25) is 0 Å². The minimum atomic E-state index is -0.251. The molecule has 0 radical (unpaired) electrons. The SMILES string of the molecule is COCCCNC(=O)c1c(NC(=O)c2ccc(N3CCCCC3=O)cc2)sc2c1CCCC2. The lowest BCUT2D eigenvalue weighted by molar-refractivity contribution is -0.119. The number of nitrogens with one attached hydrogen (secondary N) is 2. The van der Waals surface area contributed by atoms with Gasteiger partial charge < -0.3 is 20.3 Å². The Balaban J connectivity index is 1.49. The number of benzene rings is 1. The molecule has 3 amide bonds. The molecule has 0 bridgehead atoms. The molecule has 2 aromatic rings. The van der Waals surface area contributed by atoms with E-state index >= 15 is 0 Å². The molecule has 0 saturated carbocycles. The number of piperidine rings is 1. The number of nitrogens with zero attached hydrogens (tertiary/aromatic N) is 1. The minimum Gasteiger partial charge on any atom is -0.385 e. The van der Waals surface area contributed by atoms with Crippen molar-refractivity contribution in [2.24, 2.45) is 0 Å². The molecule has 1 aliphatic carbocycles. The fourth-order valence-corrected chi connectivity index (χ4v) is 5.73. The van der Waals surface area contributed by atoms with Crippen molar-refractivity contribution in [1.82, 2.24) is 5.32 Å². The molecule has 2 aliphatic rings. The van der Waals surface area contributed by atoms with Gasteiger partial charge in [-0.15, -0.1) is 11.3 Å². The Morgan fingerprint density at radius 1 is 1.03 bits per heavy atom. The molecule has 1 aromatic heterocycles. The minimum absolute atomic E-state index is 0.128. The van der Waals surface area contributed by atoms with Crippen LogP contribution < -0.4 is 15.5 Å². The molecule has 1 fully saturated rings. The van der Waals surface area contributed by atoms with E-state index in [-0.39, 0.29) is 17.7 Å². The molecule has 1 aliphatic heterocycles. The van der Waals surface area contributed by atoms with Gasteiger partial charge in [0.2, 0.25) is 5.91 Å². The fourth-order valence-electron chi connectivity index (χ4n) is 4.45. The molecule has 176 valence electrons. The van der Waals surface area contributed by atoms with Crippen molar-refractivity contribution in [2.45, 2.75) is 51.4 Å². The summed E-state index contributed by atoms with van der Waals surface area (Å²) in [4.78, 5) is 41.2. The number of carbonyl (C=O) groups is 3. The quantitative estimate of drug-likeness (QED) is 0.568. The van der Waals surface area contributed by atoms with Crippen molar-refractivity contribution in [3.8, 4) is 0 Å². The first-order valence-corrected chi connectivity index (χ1v) is 12.5. The van der Waals surface area contributed by atoms with Gasteiger partial charge in [0, 0.05) is 49.4 Å². The van der Waals surface area contributed by atoms with Crippen LogP contribution in [-0.2, 0) is 22.4 Å². The summed E-state index contributed by atoms with van der Waals surface area (Å²) in [6.07, 6.45) is 7.20. The number of hydrogen-bond donors (Lipinski definition) is 2. The summed E-state index contributed by atoms with van der Waals surface area (Å²) in [6, 6.07) is 7.12. The average molecular weight is 470 g/mol. The maximum atomic E-state index is 13.0. The van der Waals surface area contributed by atoms with E-state index in [1.54, 1.807) is 24.1 Å². The van der Waals surface area contributed by atoms with Crippen molar-refractivity contribution in [3.63, 3.8) is 0 Å². The summed E-state index contributed by atoms with van der Waals surface area (Å²) < 4.78 is 5.06. The summed E-state index contributed by atoms with van der Waals surface area (Å²) in [5.74, 6) is -0.262. The van der Waals surface area contributed by atoms with Gasteiger partial charge in [0.15, 0.2) is 0 Å². The average Bonchev–Trinajstić information content (AvgIpc) is 3.20. The number of thiophene rings is 1. The van der Waals surface area contributed by atoms with Gasteiger partial charge in [-0.1, -0.05) is 0 Å². The summed E-state index contributed by atoms with van der Waals surface area (Å²) in [7, 11) is 1.64. The monoisotopic (exact) mass is 469 g/mol. The number of aryl methyl sites for hydroxylation is 1. The highest BCUT2D eigenvalue weighted by atomic mass is 32.1. The van der Waals surface area contributed by atoms with Crippen LogP contribution in [0, 0.1) is 0 Å². The zero-order valence-corrected chi connectivity index (χ0v) is 19.9. The number of anilines is 2. The van der Waals surface area contributed by atoms with Gasteiger partial charge in [0.05, 0.1) is 5.56 Å². The number of hydrogen-bond acceptors (Lipinski definition) is 5. The van der Waals surface area contributed by atoms with Crippen LogP contribution in [-0.4, -0.2) is 44.5 Å². The van der Waals surface area contributed by atoms with Gasteiger partial charge in [-0.05, 0) is 74.8 Å². The molecule has 2 heterocycles. The van der Waals surface area contributed by atoms with E-state index in [1.165, 1.54) is 16.2 Å². The van der Waals surface area contributed by atoms with Crippen LogP contribution in [0.15, 0.2) is 24.3 Å². The lowest BCUT2D eigenvalue weighted by Crippen LogP contribution is -2.35. The van der Waals surface area contributed by atoms with Crippen molar-refractivity contribution in [2.75, 3.05) is 37.0 Å². The Morgan fingerprint density at radius 2 is 1.79 bits per heavy atom. The molecular formula is C25H31N3O4S. The van der Waals surface area contributed by atoms with Crippen LogP contribution in [0.4, 0.5) is 10.7 Å². The van der Waals surface area contributed by atoms with E-state index in [1.807, 2.05) is 12.1 Å². The first kappa shape index (κ1) is 23.4. The zero-order chi connectivity index (χ0) is 23.2. The molecule has 8 heteroatoms. The highest BCUT2D eigenvalue weighted by molar-refractivity contribution is 7.17. The number of carbonyl (C=O) groups excluding carboxylic acids is 3. The molecule has 33 heavy (non-hydrogen) atoms. The van der Waals surface area contributed by atoms with Crippen molar-refractivity contribution in [1.29, 1.82) is 0 Å². The van der Waals surface area contributed by atoms with E-state index in [2.05, 4.69) is 10.6 Å². The molecule has 1 saturated heterocycles. The topological polar surface area (TPSA) is 87.7 Å². The second kappa shape index (κ2) is 10.9. The van der Waals surface area contributed by atoms with E-state index in [9.17, 15) is 14.4 Å². The molecule has 4 rings (SSSR count). The third-order valence-electron chi connectivity index (χ3n) is 6.20.